The van der Waals surface area contributed by atoms with Crippen LogP contribution < -0.4 is 4.74 Å². The first-order valence-electron chi connectivity index (χ1n) is 10.1. The fraction of sp³-hybridized carbons (Fsp3) is 0.652. The van der Waals surface area contributed by atoms with Crippen molar-refractivity contribution < 1.29 is 4.74 Å². The number of allylic oxidation sites excluding steroid dienone is 1. The molecular weight excluding hydrogens is 292 g/mol. The zero-order valence-corrected chi connectivity index (χ0v) is 15.7. The van der Waals surface area contributed by atoms with Crippen LogP contribution in [0.2, 0.25) is 0 Å². The Morgan fingerprint density at radius 2 is 1.71 bits per heavy atom. The number of aryl methyl sites for hydroxylation is 1. The van der Waals surface area contributed by atoms with E-state index < -0.39 is 0 Å². The van der Waals surface area contributed by atoms with E-state index in [0.29, 0.717) is 5.92 Å². The van der Waals surface area contributed by atoms with E-state index in [1.54, 1.807) is 5.56 Å². The summed E-state index contributed by atoms with van der Waals surface area (Å²) in [6.45, 7) is 9.57. The molecule has 2 aliphatic carbocycles. The van der Waals surface area contributed by atoms with Crippen molar-refractivity contribution in [1.82, 2.24) is 0 Å². The molecule has 0 aliphatic heterocycles. The largest absolute Gasteiger partial charge is 0.493 e. The molecule has 0 spiro atoms. The Bertz CT molecular complexity index is 541. The maximum Gasteiger partial charge on any atom is 0.119 e. The first-order chi connectivity index (χ1) is 11.7. The van der Waals surface area contributed by atoms with Gasteiger partial charge >= 0.3 is 0 Å². The Labute approximate surface area is 148 Å². The summed E-state index contributed by atoms with van der Waals surface area (Å²) < 4.78 is 6.11. The molecule has 0 aromatic heterocycles. The van der Waals surface area contributed by atoms with Crippen molar-refractivity contribution >= 4 is 0 Å². The van der Waals surface area contributed by atoms with Crippen molar-refractivity contribution in [3.05, 3.63) is 41.5 Å². The van der Waals surface area contributed by atoms with Crippen molar-refractivity contribution in [2.24, 2.45) is 11.8 Å². The average molecular weight is 327 g/mol. The van der Waals surface area contributed by atoms with Crippen LogP contribution in [0, 0.1) is 18.8 Å². The van der Waals surface area contributed by atoms with Gasteiger partial charge in [0.05, 0.1) is 6.61 Å². The molecule has 2 fully saturated rings. The van der Waals surface area contributed by atoms with Crippen molar-refractivity contribution in [2.75, 3.05) is 6.61 Å². The maximum atomic E-state index is 6.11. The quantitative estimate of drug-likeness (QED) is 0.540. The average Bonchev–Trinajstić information content (AvgIpc) is 2.61. The predicted molar refractivity (Wildman–Crippen MR) is 103 cm³/mol. The molecule has 1 aromatic carbocycles. The lowest BCUT2D eigenvalue weighted by molar-refractivity contribution is 0.222. The number of benzene rings is 1. The van der Waals surface area contributed by atoms with E-state index in [1.807, 2.05) is 0 Å². The lowest BCUT2D eigenvalue weighted by Crippen LogP contribution is -2.16. The number of hydrogen-bond acceptors (Lipinski definition) is 1. The molecule has 3 rings (SSSR count). The zero-order valence-electron chi connectivity index (χ0n) is 15.7. The first-order valence-corrected chi connectivity index (χ1v) is 10.1. The van der Waals surface area contributed by atoms with Crippen molar-refractivity contribution in [3.63, 3.8) is 0 Å². The highest BCUT2D eigenvalue weighted by Gasteiger charge is 2.22. The second-order valence-corrected chi connectivity index (χ2v) is 8.15. The number of rotatable bonds is 5. The lowest BCUT2D eigenvalue weighted by Gasteiger charge is -2.29. The van der Waals surface area contributed by atoms with E-state index in [4.69, 9.17) is 4.74 Å². The first kappa shape index (κ1) is 17.6. The lowest BCUT2D eigenvalue weighted by atomic mass is 9.77. The Morgan fingerprint density at radius 1 is 1.00 bits per heavy atom. The second kappa shape index (κ2) is 8.23. The third-order valence-electron chi connectivity index (χ3n) is 6.40. The Hall–Kier alpha value is -1.24. The van der Waals surface area contributed by atoms with Crippen LogP contribution in [-0.2, 0) is 0 Å². The van der Waals surface area contributed by atoms with E-state index in [9.17, 15) is 0 Å². The Balaban J connectivity index is 1.54. The zero-order chi connectivity index (χ0) is 16.9. The van der Waals surface area contributed by atoms with Crippen LogP contribution in [0.1, 0.15) is 81.8 Å². The van der Waals surface area contributed by atoms with Crippen LogP contribution in [0.3, 0.4) is 0 Å². The summed E-state index contributed by atoms with van der Waals surface area (Å²) in [6.07, 6.45) is 11.8. The third kappa shape index (κ3) is 4.43. The second-order valence-electron chi connectivity index (χ2n) is 8.15. The molecule has 0 radical (unpaired) electrons. The summed E-state index contributed by atoms with van der Waals surface area (Å²) in [5, 5.41) is 0. The molecule has 0 bridgehead atoms. The third-order valence-corrected chi connectivity index (χ3v) is 6.40. The summed E-state index contributed by atoms with van der Waals surface area (Å²) >= 11 is 0. The van der Waals surface area contributed by atoms with Gasteiger partial charge in [0.15, 0.2) is 0 Å². The van der Waals surface area contributed by atoms with E-state index >= 15 is 0 Å². The number of ether oxygens (including phenoxy) is 1. The Kier molecular flexibility index (Phi) is 6.03. The summed E-state index contributed by atoms with van der Waals surface area (Å²) in [5.74, 6) is 3.50. The van der Waals surface area contributed by atoms with Crippen LogP contribution >= 0.6 is 0 Å². The van der Waals surface area contributed by atoms with Gasteiger partial charge in [0.1, 0.15) is 5.75 Å². The summed E-state index contributed by atoms with van der Waals surface area (Å²) in [7, 11) is 0. The van der Waals surface area contributed by atoms with Gasteiger partial charge in [0.25, 0.3) is 0 Å². The predicted octanol–water partition coefficient (Wildman–Crippen LogP) is 6.80. The highest BCUT2D eigenvalue weighted by Crippen LogP contribution is 2.39. The van der Waals surface area contributed by atoms with Gasteiger partial charge in [-0.1, -0.05) is 31.6 Å². The van der Waals surface area contributed by atoms with Crippen LogP contribution in [-0.4, -0.2) is 6.61 Å². The number of hydrogen-bond donors (Lipinski definition) is 0. The highest BCUT2D eigenvalue weighted by molar-refractivity contribution is 5.37. The fourth-order valence-corrected chi connectivity index (χ4v) is 4.54. The topological polar surface area (TPSA) is 9.23 Å². The van der Waals surface area contributed by atoms with E-state index in [-0.39, 0.29) is 0 Å². The Morgan fingerprint density at radius 3 is 2.33 bits per heavy atom. The molecule has 0 heterocycles. The van der Waals surface area contributed by atoms with Crippen LogP contribution in [0.5, 0.6) is 5.75 Å². The van der Waals surface area contributed by atoms with Crippen LogP contribution in [0.25, 0.3) is 0 Å². The van der Waals surface area contributed by atoms with Gasteiger partial charge in [0.2, 0.25) is 0 Å². The molecule has 1 heteroatoms. The fourth-order valence-electron chi connectivity index (χ4n) is 4.54. The van der Waals surface area contributed by atoms with E-state index in [2.05, 4.69) is 38.6 Å². The summed E-state index contributed by atoms with van der Waals surface area (Å²) in [4.78, 5) is 0. The SMILES string of the molecule is C=C1CCC(COc2ccc(C3CCC(CC)CC3)c(C)c2)CC1. The maximum absolute atomic E-state index is 6.11. The molecule has 0 N–H and O–H groups in total. The van der Waals surface area contributed by atoms with Gasteiger partial charge in [-0.25, -0.2) is 0 Å². The molecule has 2 aliphatic rings. The van der Waals surface area contributed by atoms with Gasteiger partial charge in [-0.15, -0.1) is 0 Å². The molecule has 0 amide bonds. The minimum absolute atomic E-state index is 0.708. The molecule has 132 valence electrons. The van der Waals surface area contributed by atoms with Gasteiger partial charge in [-0.05, 0) is 99.3 Å². The van der Waals surface area contributed by atoms with Crippen molar-refractivity contribution in [1.29, 1.82) is 0 Å². The minimum atomic E-state index is 0.708. The summed E-state index contributed by atoms with van der Waals surface area (Å²) in [5.41, 5.74) is 4.40. The smallest absolute Gasteiger partial charge is 0.119 e. The molecule has 24 heavy (non-hydrogen) atoms. The standard InChI is InChI=1S/C23H34O/c1-4-19-9-11-21(12-10-19)23-14-13-22(15-18(23)3)24-16-20-7-5-17(2)6-8-20/h13-15,19-21H,2,4-12,16H2,1,3H3. The molecular formula is C23H34O. The van der Waals surface area contributed by atoms with Crippen LogP contribution in [0.4, 0.5) is 0 Å². The van der Waals surface area contributed by atoms with Gasteiger partial charge in [0, 0.05) is 0 Å². The molecule has 1 nitrogen and oxygen atoms in total. The van der Waals surface area contributed by atoms with Gasteiger partial charge in [-0.3, -0.25) is 0 Å². The van der Waals surface area contributed by atoms with E-state index in [0.717, 1.165) is 24.2 Å². The van der Waals surface area contributed by atoms with Crippen LogP contribution in [0.15, 0.2) is 30.4 Å². The van der Waals surface area contributed by atoms with Gasteiger partial charge in [-0.2, -0.15) is 0 Å². The van der Waals surface area contributed by atoms with Crippen molar-refractivity contribution in [2.45, 2.75) is 77.6 Å². The normalized spacial score (nSPS) is 25.7. The molecule has 1 aromatic rings. The molecule has 2 saturated carbocycles. The highest BCUT2D eigenvalue weighted by atomic mass is 16.5. The monoisotopic (exact) mass is 326 g/mol. The molecule has 0 atom stereocenters. The summed E-state index contributed by atoms with van der Waals surface area (Å²) in [6, 6.07) is 6.81. The molecule has 0 unspecified atom stereocenters. The van der Waals surface area contributed by atoms with Crippen molar-refractivity contribution in [3.8, 4) is 5.75 Å². The minimum Gasteiger partial charge on any atom is -0.493 e. The van der Waals surface area contributed by atoms with Gasteiger partial charge < -0.3 is 4.74 Å². The molecule has 0 saturated heterocycles. The van der Waals surface area contributed by atoms with E-state index in [1.165, 1.54) is 68.9 Å².